The lowest BCUT2D eigenvalue weighted by Crippen LogP contribution is -2.27. The summed E-state index contributed by atoms with van der Waals surface area (Å²) in [5.41, 5.74) is 0.336. The van der Waals surface area contributed by atoms with E-state index in [0.717, 1.165) is 37.3 Å². The summed E-state index contributed by atoms with van der Waals surface area (Å²) >= 11 is 0. The zero-order valence-corrected chi connectivity index (χ0v) is 11.0. The number of hydrogen-bond donors (Lipinski definition) is 1. The molecule has 0 saturated heterocycles. The van der Waals surface area contributed by atoms with E-state index in [2.05, 4.69) is 12.0 Å². The van der Waals surface area contributed by atoms with Crippen molar-refractivity contribution in [3.8, 4) is 0 Å². The van der Waals surface area contributed by atoms with Gasteiger partial charge in [-0.25, -0.2) is 0 Å². The van der Waals surface area contributed by atoms with E-state index in [1.165, 1.54) is 19.3 Å². The first-order chi connectivity index (χ1) is 8.15. The molecule has 3 nitrogen and oxygen atoms in total. The Morgan fingerprint density at radius 1 is 1.47 bits per heavy atom. The van der Waals surface area contributed by atoms with Gasteiger partial charge in [0.15, 0.2) is 0 Å². The highest BCUT2D eigenvalue weighted by Gasteiger charge is 2.34. The van der Waals surface area contributed by atoms with Crippen molar-refractivity contribution in [1.82, 2.24) is 9.78 Å². The summed E-state index contributed by atoms with van der Waals surface area (Å²) in [4.78, 5) is 0. The van der Waals surface area contributed by atoms with Gasteiger partial charge in [0.1, 0.15) is 5.60 Å². The molecule has 0 aromatic carbocycles. The zero-order chi connectivity index (χ0) is 12.3. The molecule has 1 heterocycles. The van der Waals surface area contributed by atoms with E-state index in [4.69, 9.17) is 0 Å². The maximum atomic E-state index is 10.8. The monoisotopic (exact) mass is 236 g/mol. The Bertz CT molecular complexity index is 361. The Labute approximate surface area is 104 Å². The Morgan fingerprint density at radius 3 is 2.94 bits per heavy atom. The molecule has 17 heavy (non-hydrogen) atoms. The first kappa shape index (κ1) is 12.6. The lowest BCUT2D eigenvalue weighted by atomic mass is 9.89. The van der Waals surface area contributed by atoms with E-state index in [9.17, 15) is 5.11 Å². The topological polar surface area (TPSA) is 38.1 Å². The summed E-state index contributed by atoms with van der Waals surface area (Å²) in [6.45, 7) is 2.25. The highest BCUT2D eigenvalue weighted by molar-refractivity contribution is 5.12. The van der Waals surface area contributed by atoms with Crippen LogP contribution in [-0.2, 0) is 12.6 Å². The number of aryl methyl sites for hydroxylation is 1. The fourth-order valence-corrected chi connectivity index (χ4v) is 3.18. The maximum absolute atomic E-state index is 10.8. The average molecular weight is 236 g/mol. The fourth-order valence-electron chi connectivity index (χ4n) is 3.18. The van der Waals surface area contributed by atoms with E-state index < -0.39 is 5.60 Å². The molecule has 2 unspecified atom stereocenters. The van der Waals surface area contributed by atoms with Gasteiger partial charge in [0, 0.05) is 13.2 Å². The molecular weight excluding hydrogens is 212 g/mol. The van der Waals surface area contributed by atoms with Crippen LogP contribution in [0.15, 0.2) is 12.3 Å². The van der Waals surface area contributed by atoms with Gasteiger partial charge in [-0.2, -0.15) is 5.10 Å². The molecule has 3 heteroatoms. The van der Waals surface area contributed by atoms with E-state index in [1.807, 2.05) is 17.8 Å². The SMILES string of the molecule is CCCC1CCCC(O)(c2ccnn2C)CC1. The van der Waals surface area contributed by atoms with Gasteiger partial charge in [-0.3, -0.25) is 4.68 Å². The van der Waals surface area contributed by atoms with Crippen molar-refractivity contribution in [1.29, 1.82) is 0 Å². The third-order valence-corrected chi connectivity index (χ3v) is 4.16. The number of rotatable bonds is 3. The third-order valence-electron chi connectivity index (χ3n) is 4.16. The molecule has 1 N–H and O–H groups in total. The second-order valence-corrected chi connectivity index (χ2v) is 5.46. The van der Waals surface area contributed by atoms with Crippen LogP contribution in [0.4, 0.5) is 0 Å². The molecule has 2 atom stereocenters. The molecule has 1 aliphatic carbocycles. The van der Waals surface area contributed by atoms with Crippen LogP contribution in [0.2, 0.25) is 0 Å². The van der Waals surface area contributed by atoms with Crippen molar-refractivity contribution in [3.05, 3.63) is 18.0 Å². The largest absolute Gasteiger partial charge is 0.384 e. The standard InChI is InChI=1S/C14H24N2O/c1-3-5-12-6-4-9-14(17,10-7-12)13-8-11-15-16(13)2/h8,11-12,17H,3-7,9-10H2,1-2H3. The first-order valence-electron chi connectivity index (χ1n) is 6.86. The van der Waals surface area contributed by atoms with Crippen LogP contribution in [0.3, 0.4) is 0 Å². The molecule has 1 fully saturated rings. The van der Waals surface area contributed by atoms with Crippen LogP contribution < -0.4 is 0 Å². The molecule has 1 aliphatic rings. The lowest BCUT2D eigenvalue weighted by molar-refractivity contribution is 0.0117. The summed E-state index contributed by atoms with van der Waals surface area (Å²) in [6.07, 6.45) is 9.66. The number of aromatic nitrogens is 2. The summed E-state index contributed by atoms with van der Waals surface area (Å²) < 4.78 is 1.82. The van der Waals surface area contributed by atoms with Gasteiger partial charge in [0.05, 0.1) is 5.69 Å². The predicted molar refractivity (Wildman–Crippen MR) is 68.6 cm³/mol. The summed E-state index contributed by atoms with van der Waals surface area (Å²) in [5, 5.41) is 15.0. The van der Waals surface area contributed by atoms with Crippen molar-refractivity contribution in [2.75, 3.05) is 0 Å². The van der Waals surface area contributed by atoms with Crippen LogP contribution in [0.25, 0.3) is 0 Å². The quantitative estimate of drug-likeness (QED) is 0.819. The molecule has 0 bridgehead atoms. The molecule has 0 aliphatic heterocycles. The van der Waals surface area contributed by atoms with Gasteiger partial charge in [0.2, 0.25) is 0 Å². The summed E-state index contributed by atoms with van der Waals surface area (Å²) in [6, 6.07) is 1.96. The fraction of sp³-hybridized carbons (Fsp3) is 0.786. The highest BCUT2D eigenvalue weighted by atomic mass is 16.3. The normalized spacial score (nSPS) is 30.2. The molecule has 1 saturated carbocycles. The number of aliphatic hydroxyl groups is 1. The molecule has 2 rings (SSSR count). The van der Waals surface area contributed by atoms with Crippen molar-refractivity contribution in [2.45, 2.75) is 57.5 Å². The molecule has 1 aromatic heterocycles. The minimum absolute atomic E-state index is 0.645. The molecule has 1 aromatic rings. The van der Waals surface area contributed by atoms with Gasteiger partial charge in [-0.05, 0) is 37.7 Å². The minimum Gasteiger partial charge on any atom is -0.384 e. The second-order valence-electron chi connectivity index (χ2n) is 5.46. The summed E-state index contributed by atoms with van der Waals surface area (Å²) in [5.74, 6) is 0.808. The first-order valence-corrected chi connectivity index (χ1v) is 6.86. The van der Waals surface area contributed by atoms with Crippen molar-refractivity contribution in [3.63, 3.8) is 0 Å². The van der Waals surface area contributed by atoms with Crippen LogP contribution in [0.5, 0.6) is 0 Å². The second kappa shape index (κ2) is 5.21. The van der Waals surface area contributed by atoms with Gasteiger partial charge in [0.25, 0.3) is 0 Å². The van der Waals surface area contributed by atoms with Crippen molar-refractivity contribution >= 4 is 0 Å². The predicted octanol–water partition coefficient (Wildman–Crippen LogP) is 2.99. The van der Waals surface area contributed by atoms with Crippen molar-refractivity contribution in [2.24, 2.45) is 13.0 Å². The van der Waals surface area contributed by atoms with Crippen LogP contribution in [-0.4, -0.2) is 14.9 Å². The zero-order valence-electron chi connectivity index (χ0n) is 11.0. The van der Waals surface area contributed by atoms with Gasteiger partial charge in [-0.15, -0.1) is 0 Å². The van der Waals surface area contributed by atoms with E-state index in [-0.39, 0.29) is 0 Å². The van der Waals surface area contributed by atoms with Gasteiger partial charge < -0.3 is 5.11 Å². The number of hydrogen-bond acceptors (Lipinski definition) is 2. The Hall–Kier alpha value is -0.830. The average Bonchev–Trinajstić information content (AvgIpc) is 2.64. The van der Waals surface area contributed by atoms with E-state index >= 15 is 0 Å². The third kappa shape index (κ3) is 2.71. The number of nitrogens with zero attached hydrogens (tertiary/aromatic N) is 2. The Kier molecular flexibility index (Phi) is 3.87. The minimum atomic E-state index is -0.645. The molecule has 0 amide bonds. The van der Waals surface area contributed by atoms with Crippen LogP contribution in [0, 0.1) is 5.92 Å². The van der Waals surface area contributed by atoms with E-state index in [0.29, 0.717) is 0 Å². The van der Waals surface area contributed by atoms with Crippen LogP contribution in [0.1, 0.15) is 57.6 Å². The Balaban J connectivity index is 2.09. The smallest absolute Gasteiger partial charge is 0.106 e. The van der Waals surface area contributed by atoms with Gasteiger partial charge in [-0.1, -0.05) is 26.2 Å². The molecule has 0 radical (unpaired) electrons. The van der Waals surface area contributed by atoms with Gasteiger partial charge >= 0.3 is 0 Å². The van der Waals surface area contributed by atoms with Crippen molar-refractivity contribution < 1.29 is 5.11 Å². The maximum Gasteiger partial charge on any atom is 0.106 e. The summed E-state index contributed by atoms with van der Waals surface area (Å²) in [7, 11) is 1.92. The molecule has 96 valence electrons. The highest BCUT2D eigenvalue weighted by Crippen LogP contribution is 2.38. The lowest BCUT2D eigenvalue weighted by Gasteiger charge is -2.26. The molecular formula is C14H24N2O. The van der Waals surface area contributed by atoms with E-state index in [1.54, 1.807) is 6.20 Å². The van der Waals surface area contributed by atoms with Crippen LogP contribution >= 0.6 is 0 Å². The molecule has 0 spiro atoms. The Morgan fingerprint density at radius 2 is 2.29 bits per heavy atom.